The van der Waals surface area contributed by atoms with Crippen LogP contribution in [0.1, 0.15) is 12.0 Å². The van der Waals surface area contributed by atoms with Crippen LogP contribution in [0.5, 0.6) is 0 Å². The van der Waals surface area contributed by atoms with Crippen molar-refractivity contribution >= 4 is 62.3 Å². The first kappa shape index (κ1) is 21.1. The minimum atomic E-state index is -0.569. The number of hydrogen-bond donors (Lipinski definition) is 2. The number of nitrogens with one attached hydrogen (secondary N) is 2. The number of rotatable bonds is 5. The molecule has 7 nitrogen and oxygen atoms in total. The standard InChI is InChI=1S/C20H20BrN5O2S/c1-26(2)16-9-3-13(4-10-16)12-22-25-20-24-18(27)11-17(29-20)19(28)23-15-7-5-14(21)6-8-15/h3-10,12,17H,11H2,1-2H3,(H,23,28)(H,24,25,27)/b22-12+. The molecule has 0 radical (unpaired) electrons. The quantitative estimate of drug-likeness (QED) is 0.514. The van der Waals surface area contributed by atoms with Crippen LogP contribution in [0.15, 0.2) is 63.2 Å². The van der Waals surface area contributed by atoms with E-state index >= 15 is 0 Å². The van der Waals surface area contributed by atoms with Crippen LogP contribution < -0.4 is 15.5 Å². The minimum Gasteiger partial charge on any atom is -0.378 e. The Morgan fingerprint density at radius 1 is 1.21 bits per heavy atom. The van der Waals surface area contributed by atoms with Gasteiger partial charge in [0.05, 0.1) is 6.21 Å². The SMILES string of the molecule is CN(C)c1ccc(/C=N/N=C2\NC(=O)CC(C(=O)Nc3ccc(Br)cc3)S2)cc1. The summed E-state index contributed by atoms with van der Waals surface area (Å²) in [5.41, 5.74) is 2.64. The first-order chi connectivity index (χ1) is 13.9. The highest BCUT2D eigenvalue weighted by Crippen LogP contribution is 2.23. The van der Waals surface area contributed by atoms with Crippen LogP contribution in [0.25, 0.3) is 0 Å². The van der Waals surface area contributed by atoms with Crippen molar-refractivity contribution in [3.8, 4) is 0 Å². The number of nitrogens with zero attached hydrogens (tertiary/aromatic N) is 3. The molecule has 1 fully saturated rings. The molecule has 0 bridgehead atoms. The van der Waals surface area contributed by atoms with Crippen molar-refractivity contribution in [1.29, 1.82) is 0 Å². The smallest absolute Gasteiger partial charge is 0.238 e. The molecule has 0 spiro atoms. The van der Waals surface area contributed by atoms with Gasteiger partial charge >= 0.3 is 0 Å². The Labute approximate surface area is 181 Å². The van der Waals surface area contributed by atoms with Crippen LogP contribution in [-0.2, 0) is 9.59 Å². The fourth-order valence-corrected chi connectivity index (χ4v) is 3.70. The molecule has 2 amide bonds. The predicted octanol–water partition coefficient (Wildman–Crippen LogP) is 3.47. The predicted molar refractivity (Wildman–Crippen MR) is 123 cm³/mol. The van der Waals surface area contributed by atoms with Crippen LogP contribution >= 0.6 is 27.7 Å². The van der Waals surface area contributed by atoms with Crippen molar-refractivity contribution in [2.24, 2.45) is 10.2 Å². The molecular formula is C20H20BrN5O2S. The number of halogens is 1. The topological polar surface area (TPSA) is 86.2 Å². The summed E-state index contributed by atoms with van der Waals surface area (Å²) in [6.45, 7) is 0. The van der Waals surface area contributed by atoms with E-state index in [4.69, 9.17) is 0 Å². The normalized spacial score (nSPS) is 18.0. The van der Waals surface area contributed by atoms with Gasteiger partial charge in [0.1, 0.15) is 5.25 Å². The molecule has 1 aliphatic heterocycles. The summed E-state index contributed by atoms with van der Waals surface area (Å²) in [5, 5.41) is 13.3. The lowest BCUT2D eigenvalue weighted by Crippen LogP contribution is -2.41. The Morgan fingerprint density at radius 3 is 2.55 bits per heavy atom. The molecule has 0 aromatic heterocycles. The zero-order valence-electron chi connectivity index (χ0n) is 15.9. The number of anilines is 2. The number of amides is 2. The van der Waals surface area contributed by atoms with Gasteiger partial charge in [-0.2, -0.15) is 5.10 Å². The Kier molecular flexibility index (Phi) is 7.05. The first-order valence-corrected chi connectivity index (χ1v) is 10.5. The average Bonchev–Trinajstić information content (AvgIpc) is 2.69. The molecule has 1 unspecified atom stereocenters. The number of amidine groups is 1. The van der Waals surface area contributed by atoms with Crippen LogP contribution in [0, 0.1) is 0 Å². The maximum absolute atomic E-state index is 12.5. The Hall–Kier alpha value is -2.65. The molecule has 2 aromatic rings. The molecule has 1 aliphatic rings. The molecular weight excluding hydrogens is 454 g/mol. The Balaban J connectivity index is 1.63. The second kappa shape index (κ2) is 9.71. The summed E-state index contributed by atoms with van der Waals surface area (Å²) >= 11 is 4.54. The fourth-order valence-electron chi connectivity index (χ4n) is 2.50. The zero-order chi connectivity index (χ0) is 20.8. The zero-order valence-corrected chi connectivity index (χ0v) is 18.3. The van der Waals surface area contributed by atoms with Crippen LogP contribution in [0.4, 0.5) is 11.4 Å². The summed E-state index contributed by atoms with van der Waals surface area (Å²) < 4.78 is 0.922. The third-order valence-electron chi connectivity index (χ3n) is 4.04. The van der Waals surface area contributed by atoms with E-state index in [0.29, 0.717) is 10.9 Å². The summed E-state index contributed by atoms with van der Waals surface area (Å²) in [6.07, 6.45) is 1.69. The van der Waals surface area contributed by atoms with Crippen molar-refractivity contribution in [2.75, 3.05) is 24.3 Å². The van der Waals surface area contributed by atoms with Gasteiger partial charge in [0.2, 0.25) is 11.8 Å². The second-order valence-corrected chi connectivity index (χ2v) is 8.60. The minimum absolute atomic E-state index is 0.0851. The fraction of sp³-hybridized carbons (Fsp3) is 0.200. The molecule has 1 saturated heterocycles. The molecule has 2 aromatic carbocycles. The summed E-state index contributed by atoms with van der Waals surface area (Å²) in [4.78, 5) is 26.5. The van der Waals surface area contributed by atoms with Gasteiger partial charge in [0, 0.05) is 36.4 Å². The van der Waals surface area contributed by atoms with E-state index in [-0.39, 0.29) is 18.2 Å². The van der Waals surface area contributed by atoms with Crippen molar-refractivity contribution in [3.05, 3.63) is 58.6 Å². The number of carbonyl (C=O) groups excluding carboxylic acids is 2. The van der Waals surface area contributed by atoms with E-state index in [2.05, 4.69) is 36.8 Å². The lowest BCUT2D eigenvalue weighted by molar-refractivity contribution is -0.123. The highest BCUT2D eigenvalue weighted by atomic mass is 79.9. The molecule has 29 heavy (non-hydrogen) atoms. The maximum Gasteiger partial charge on any atom is 0.238 e. The molecule has 9 heteroatoms. The van der Waals surface area contributed by atoms with Crippen molar-refractivity contribution in [2.45, 2.75) is 11.7 Å². The van der Waals surface area contributed by atoms with E-state index in [0.717, 1.165) is 15.7 Å². The largest absolute Gasteiger partial charge is 0.378 e. The molecule has 1 atom stereocenters. The number of carbonyl (C=O) groups is 2. The Bertz CT molecular complexity index is 942. The summed E-state index contributed by atoms with van der Waals surface area (Å²) in [7, 11) is 3.95. The maximum atomic E-state index is 12.5. The van der Waals surface area contributed by atoms with Crippen molar-refractivity contribution in [3.63, 3.8) is 0 Å². The van der Waals surface area contributed by atoms with Gasteiger partial charge < -0.3 is 15.5 Å². The third kappa shape index (κ3) is 6.16. The molecule has 1 heterocycles. The number of thioether (sulfide) groups is 1. The van der Waals surface area contributed by atoms with Gasteiger partial charge in [-0.25, -0.2) is 0 Å². The van der Waals surface area contributed by atoms with E-state index in [1.165, 1.54) is 11.8 Å². The van der Waals surface area contributed by atoms with Crippen molar-refractivity contribution < 1.29 is 9.59 Å². The Morgan fingerprint density at radius 2 is 1.90 bits per heavy atom. The van der Waals surface area contributed by atoms with Gasteiger partial charge in [0.25, 0.3) is 0 Å². The highest BCUT2D eigenvalue weighted by Gasteiger charge is 2.30. The average molecular weight is 474 g/mol. The molecule has 2 N–H and O–H groups in total. The summed E-state index contributed by atoms with van der Waals surface area (Å²) in [6, 6.07) is 15.1. The van der Waals surface area contributed by atoms with Gasteiger partial charge in [0.15, 0.2) is 5.17 Å². The van der Waals surface area contributed by atoms with Crippen LogP contribution in [0.2, 0.25) is 0 Å². The highest BCUT2D eigenvalue weighted by molar-refractivity contribution is 9.10. The molecule has 3 rings (SSSR count). The second-order valence-electron chi connectivity index (χ2n) is 6.49. The number of benzene rings is 2. The van der Waals surface area contributed by atoms with Gasteiger partial charge in [-0.15, -0.1) is 5.10 Å². The van der Waals surface area contributed by atoms with Gasteiger partial charge in [-0.1, -0.05) is 39.8 Å². The lowest BCUT2D eigenvalue weighted by atomic mass is 10.2. The van der Waals surface area contributed by atoms with Gasteiger partial charge in [-0.05, 0) is 42.0 Å². The van der Waals surface area contributed by atoms with E-state index in [1.54, 1.807) is 18.3 Å². The van der Waals surface area contributed by atoms with E-state index in [9.17, 15) is 9.59 Å². The first-order valence-electron chi connectivity index (χ1n) is 8.82. The molecule has 0 saturated carbocycles. The van der Waals surface area contributed by atoms with E-state index < -0.39 is 5.25 Å². The van der Waals surface area contributed by atoms with Crippen LogP contribution in [0.3, 0.4) is 0 Å². The van der Waals surface area contributed by atoms with E-state index in [1.807, 2.05) is 55.4 Å². The monoisotopic (exact) mass is 473 g/mol. The number of hydrogen-bond acceptors (Lipinski definition) is 6. The van der Waals surface area contributed by atoms with Crippen LogP contribution in [-0.4, -0.2) is 42.5 Å². The third-order valence-corrected chi connectivity index (χ3v) is 5.64. The molecule has 150 valence electrons. The van der Waals surface area contributed by atoms with Gasteiger partial charge in [-0.3, -0.25) is 9.59 Å². The lowest BCUT2D eigenvalue weighted by Gasteiger charge is -2.21. The summed E-state index contributed by atoms with van der Waals surface area (Å²) in [5.74, 6) is -0.507. The van der Waals surface area contributed by atoms with Crippen molar-refractivity contribution in [1.82, 2.24) is 5.32 Å². The molecule has 0 aliphatic carbocycles.